The molecular formula is C11H19N3. The van der Waals surface area contributed by atoms with E-state index in [1.54, 1.807) is 0 Å². The van der Waals surface area contributed by atoms with E-state index in [0.717, 1.165) is 12.3 Å². The number of hydrogen-bond acceptors (Lipinski definition) is 2. The first-order chi connectivity index (χ1) is 6.75. The number of nitrogens with zero attached hydrogens (tertiary/aromatic N) is 2. The van der Waals surface area contributed by atoms with Crippen LogP contribution in [0.4, 0.5) is 0 Å². The van der Waals surface area contributed by atoms with Crippen LogP contribution in [0.5, 0.6) is 0 Å². The maximum absolute atomic E-state index is 4.50. The van der Waals surface area contributed by atoms with Crippen LogP contribution in [0.1, 0.15) is 24.2 Å². The highest BCUT2D eigenvalue weighted by molar-refractivity contribution is 5.09. The summed E-state index contributed by atoms with van der Waals surface area (Å²) < 4.78 is 1.97. The van der Waals surface area contributed by atoms with Crippen LogP contribution in [0.15, 0.2) is 6.07 Å². The highest BCUT2D eigenvalue weighted by Crippen LogP contribution is 2.17. The second-order valence-electron chi connectivity index (χ2n) is 4.30. The zero-order valence-corrected chi connectivity index (χ0v) is 9.08. The van der Waals surface area contributed by atoms with Gasteiger partial charge in [-0.1, -0.05) is 0 Å². The molecule has 1 aliphatic rings. The van der Waals surface area contributed by atoms with E-state index in [1.807, 2.05) is 11.7 Å². The molecule has 0 atom stereocenters. The van der Waals surface area contributed by atoms with Crippen molar-refractivity contribution < 1.29 is 0 Å². The summed E-state index contributed by atoms with van der Waals surface area (Å²) >= 11 is 0. The molecule has 0 bridgehead atoms. The van der Waals surface area contributed by atoms with Crippen molar-refractivity contribution in [3.8, 4) is 0 Å². The number of aromatic nitrogens is 2. The minimum Gasteiger partial charge on any atom is -0.317 e. The zero-order valence-electron chi connectivity index (χ0n) is 9.08. The second-order valence-corrected chi connectivity index (χ2v) is 4.30. The molecule has 1 aromatic rings. The summed E-state index contributed by atoms with van der Waals surface area (Å²) in [5, 5.41) is 7.89. The van der Waals surface area contributed by atoms with Gasteiger partial charge < -0.3 is 5.32 Å². The van der Waals surface area contributed by atoms with Crippen LogP contribution in [-0.2, 0) is 13.5 Å². The Balaban J connectivity index is 1.95. The van der Waals surface area contributed by atoms with Crippen molar-refractivity contribution in [1.29, 1.82) is 0 Å². The molecular weight excluding hydrogens is 174 g/mol. The molecule has 0 aliphatic carbocycles. The standard InChI is InChI=1S/C11H19N3/c1-9-7-11(13-14(9)2)8-10-3-5-12-6-4-10/h7,10,12H,3-6,8H2,1-2H3. The van der Waals surface area contributed by atoms with E-state index in [9.17, 15) is 0 Å². The van der Waals surface area contributed by atoms with Crippen molar-refractivity contribution >= 4 is 0 Å². The molecule has 3 nitrogen and oxygen atoms in total. The SMILES string of the molecule is Cc1cc(CC2CCNCC2)nn1C. The minimum atomic E-state index is 0.838. The summed E-state index contributed by atoms with van der Waals surface area (Å²) in [5.74, 6) is 0.838. The Morgan fingerprint density at radius 2 is 2.21 bits per heavy atom. The van der Waals surface area contributed by atoms with Crippen LogP contribution in [-0.4, -0.2) is 22.9 Å². The van der Waals surface area contributed by atoms with E-state index >= 15 is 0 Å². The average molecular weight is 193 g/mol. The molecule has 3 heteroatoms. The Morgan fingerprint density at radius 1 is 1.50 bits per heavy atom. The lowest BCUT2D eigenvalue weighted by molar-refractivity contribution is 0.369. The highest BCUT2D eigenvalue weighted by Gasteiger charge is 2.14. The van der Waals surface area contributed by atoms with Gasteiger partial charge in [0.1, 0.15) is 0 Å². The van der Waals surface area contributed by atoms with Crippen molar-refractivity contribution in [1.82, 2.24) is 15.1 Å². The van der Waals surface area contributed by atoms with Gasteiger partial charge in [-0.2, -0.15) is 5.10 Å². The average Bonchev–Trinajstić information content (AvgIpc) is 2.47. The van der Waals surface area contributed by atoms with Crippen LogP contribution in [0.3, 0.4) is 0 Å². The summed E-state index contributed by atoms with van der Waals surface area (Å²) in [6.45, 7) is 4.46. The fraction of sp³-hybridized carbons (Fsp3) is 0.727. The molecule has 0 amide bonds. The molecule has 1 aromatic heterocycles. The molecule has 1 N–H and O–H groups in total. The minimum absolute atomic E-state index is 0.838. The first-order valence-electron chi connectivity index (χ1n) is 5.46. The maximum atomic E-state index is 4.50. The van der Waals surface area contributed by atoms with Gasteiger partial charge in [0.25, 0.3) is 0 Å². The molecule has 2 rings (SSSR count). The van der Waals surface area contributed by atoms with Crippen molar-refractivity contribution in [2.75, 3.05) is 13.1 Å². The third-order valence-corrected chi connectivity index (χ3v) is 3.12. The largest absolute Gasteiger partial charge is 0.317 e. The third kappa shape index (κ3) is 2.15. The van der Waals surface area contributed by atoms with Gasteiger partial charge in [0.05, 0.1) is 5.69 Å². The Hall–Kier alpha value is -0.830. The van der Waals surface area contributed by atoms with E-state index in [1.165, 1.54) is 37.3 Å². The van der Waals surface area contributed by atoms with Crippen LogP contribution in [0.25, 0.3) is 0 Å². The second kappa shape index (κ2) is 4.13. The van der Waals surface area contributed by atoms with Gasteiger partial charge in [0.15, 0.2) is 0 Å². The number of hydrogen-bond donors (Lipinski definition) is 1. The predicted molar refractivity (Wildman–Crippen MR) is 57.2 cm³/mol. The Bertz CT molecular complexity index is 278. The van der Waals surface area contributed by atoms with Crippen LogP contribution >= 0.6 is 0 Å². The lowest BCUT2D eigenvalue weighted by Gasteiger charge is -2.21. The fourth-order valence-electron chi connectivity index (χ4n) is 2.12. The molecule has 1 aliphatic heterocycles. The van der Waals surface area contributed by atoms with E-state index in [2.05, 4.69) is 23.4 Å². The van der Waals surface area contributed by atoms with Gasteiger partial charge in [0.2, 0.25) is 0 Å². The third-order valence-electron chi connectivity index (χ3n) is 3.12. The Morgan fingerprint density at radius 3 is 2.79 bits per heavy atom. The molecule has 0 saturated carbocycles. The monoisotopic (exact) mass is 193 g/mol. The molecule has 78 valence electrons. The number of nitrogens with one attached hydrogen (secondary N) is 1. The Kier molecular flexibility index (Phi) is 2.87. The molecule has 1 fully saturated rings. The molecule has 0 spiro atoms. The fourth-order valence-corrected chi connectivity index (χ4v) is 2.12. The van der Waals surface area contributed by atoms with Gasteiger partial charge in [-0.25, -0.2) is 0 Å². The van der Waals surface area contributed by atoms with E-state index in [0.29, 0.717) is 0 Å². The molecule has 2 heterocycles. The lowest BCUT2D eigenvalue weighted by Crippen LogP contribution is -2.28. The van der Waals surface area contributed by atoms with Crippen molar-refractivity contribution in [2.45, 2.75) is 26.2 Å². The van der Waals surface area contributed by atoms with E-state index < -0.39 is 0 Å². The van der Waals surface area contributed by atoms with Gasteiger partial charge in [-0.15, -0.1) is 0 Å². The van der Waals surface area contributed by atoms with Crippen LogP contribution in [0.2, 0.25) is 0 Å². The smallest absolute Gasteiger partial charge is 0.0630 e. The van der Waals surface area contributed by atoms with Crippen molar-refractivity contribution in [3.05, 3.63) is 17.5 Å². The quantitative estimate of drug-likeness (QED) is 0.766. The van der Waals surface area contributed by atoms with E-state index in [4.69, 9.17) is 0 Å². The predicted octanol–water partition coefficient (Wildman–Crippen LogP) is 1.27. The summed E-state index contributed by atoms with van der Waals surface area (Å²) in [7, 11) is 2.02. The maximum Gasteiger partial charge on any atom is 0.0630 e. The van der Waals surface area contributed by atoms with Gasteiger partial charge in [-0.05, 0) is 51.3 Å². The van der Waals surface area contributed by atoms with Crippen molar-refractivity contribution in [3.63, 3.8) is 0 Å². The Labute approximate surface area is 85.5 Å². The van der Waals surface area contributed by atoms with Gasteiger partial charge >= 0.3 is 0 Å². The van der Waals surface area contributed by atoms with Gasteiger partial charge in [0, 0.05) is 12.7 Å². The van der Waals surface area contributed by atoms with Gasteiger partial charge in [-0.3, -0.25) is 4.68 Å². The topological polar surface area (TPSA) is 29.9 Å². The molecule has 0 aromatic carbocycles. The number of rotatable bonds is 2. The molecule has 0 radical (unpaired) electrons. The number of aryl methyl sites for hydroxylation is 2. The summed E-state index contributed by atoms with van der Waals surface area (Å²) in [5.41, 5.74) is 2.52. The summed E-state index contributed by atoms with van der Waals surface area (Å²) in [6.07, 6.45) is 3.76. The molecule has 1 saturated heterocycles. The van der Waals surface area contributed by atoms with Crippen LogP contribution in [0, 0.1) is 12.8 Å². The normalized spacial score (nSPS) is 18.7. The lowest BCUT2D eigenvalue weighted by atomic mass is 9.93. The van der Waals surface area contributed by atoms with Crippen LogP contribution < -0.4 is 5.32 Å². The van der Waals surface area contributed by atoms with Crippen molar-refractivity contribution in [2.24, 2.45) is 13.0 Å². The highest BCUT2D eigenvalue weighted by atomic mass is 15.3. The first kappa shape index (κ1) is 9.71. The number of piperidine rings is 1. The zero-order chi connectivity index (χ0) is 9.97. The first-order valence-corrected chi connectivity index (χ1v) is 5.46. The summed E-state index contributed by atoms with van der Waals surface area (Å²) in [4.78, 5) is 0. The molecule has 14 heavy (non-hydrogen) atoms. The molecule has 0 unspecified atom stereocenters. The van der Waals surface area contributed by atoms with E-state index in [-0.39, 0.29) is 0 Å². The summed E-state index contributed by atoms with van der Waals surface area (Å²) in [6, 6.07) is 2.21.